The summed E-state index contributed by atoms with van der Waals surface area (Å²) < 4.78 is 5.59. The number of ether oxygens (including phenoxy) is 1. The van der Waals surface area contributed by atoms with E-state index in [1.54, 1.807) is 0 Å². The van der Waals surface area contributed by atoms with Crippen molar-refractivity contribution in [1.82, 2.24) is 0 Å². The van der Waals surface area contributed by atoms with E-state index >= 15 is 0 Å². The first-order valence-electron chi connectivity index (χ1n) is 7.84. The Labute approximate surface area is 127 Å². The predicted molar refractivity (Wildman–Crippen MR) is 85.2 cm³/mol. The summed E-state index contributed by atoms with van der Waals surface area (Å²) in [6, 6.07) is 8.07. The van der Waals surface area contributed by atoms with Gasteiger partial charge in [0.15, 0.2) is 0 Å². The fraction of sp³-hybridized carbons (Fsp3) is 0.588. The molecular weight excluding hydrogens is 264 g/mol. The minimum Gasteiger partial charge on any atom is -0.378 e. The molecule has 1 aromatic rings. The number of carbonyl (C=O) groups excluding carboxylic acids is 1. The highest BCUT2D eigenvalue weighted by atomic mass is 16.5. The number of hydrogen-bond donors (Lipinski definition) is 1. The monoisotopic (exact) mass is 290 g/mol. The summed E-state index contributed by atoms with van der Waals surface area (Å²) in [5, 5.41) is 0. The van der Waals surface area contributed by atoms with Crippen molar-refractivity contribution in [3.8, 4) is 0 Å². The van der Waals surface area contributed by atoms with Crippen LogP contribution >= 0.6 is 0 Å². The second-order valence-corrected chi connectivity index (χ2v) is 5.90. The Balaban J connectivity index is 2.00. The van der Waals surface area contributed by atoms with E-state index in [0.29, 0.717) is 13.0 Å². The number of anilines is 1. The molecule has 1 saturated heterocycles. The van der Waals surface area contributed by atoms with E-state index in [2.05, 4.69) is 0 Å². The van der Waals surface area contributed by atoms with Gasteiger partial charge in [-0.2, -0.15) is 0 Å². The zero-order valence-electron chi connectivity index (χ0n) is 13.0. The van der Waals surface area contributed by atoms with Crippen LogP contribution < -0.4 is 10.6 Å². The highest BCUT2D eigenvalue weighted by molar-refractivity contribution is 5.93. The van der Waals surface area contributed by atoms with Gasteiger partial charge in [0.05, 0.1) is 6.10 Å². The molecule has 1 atom stereocenters. The summed E-state index contributed by atoms with van der Waals surface area (Å²) in [7, 11) is 0. The van der Waals surface area contributed by atoms with Crippen LogP contribution in [0.25, 0.3) is 0 Å². The minimum atomic E-state index is 0.144. The number of hydrogen-bond acceptors (Lipinski definition) is 3. The Hall–Kier alpha value is -1.39. The normalized spacial score (nSPS) is 18.2. The first-order chi connectivity index (χ1) is 10.1. The highest BCUT2D eigenvalue weighted by Gasteiger charge is 2.22. The Kier molecular flexibility index (Phi) is 5.76. The molecule has 1 aliphatic heterocycles. The van der Waals surface area contributed by atoms with E-state index in [1.165, 1.54) is 0 Å². The number of nitrogens with zero attached hydrogens (tertiary/aromatic N) is 1. The van der Waals surface area contributed by atoms with Crippen LogP contribution in [0.15, 0.2) is 24.3 Å². The average Bonchev–Trinajstić information content (AvgIpc) is 2.99. The van der Waals surface area contributed by atoms with Gasteiger partial charge < -0.3 is 15.4 Å². The molecule has 2 N–H and O–H groups in total. The molecular formula is C17H26N2O2. The molecule has 1 fully saturated rings. The molecule has 116 valence electrons. The maximum Gasteiger partial charge on any atom is 0.227 e. The Morgan fingerprint density at radius 3 is 2.62 bits per heavy atom. The first kappa shape index (κ1) is 16.0. The maximum absolute atomic E-state index is 12.5. The molecule has 1 unspecified atom stereocenters. The molecule has 1 aliphatic rings. The standard InChI is InChI=1S/C17H26N2O2/c1-13(2)19(15-7-5-14(12-18)6-8-15)17(20)10-9-16-4-3-11-21-16/h5-8,13,16H,3-4,9-12,18H2,1-2H3. The van der Waals surface area contributed by atoms with E-state index in [9.17, 15) is 4.79 Å². The van der Waals surface area contributed by atoms with Crippen LogP contribution in [0.1, 0.15) is 45.1 Å². The quantitative estimate of drug-likeness (QED) is 0.876. The number of rotatable bonds is 6. The second-order valence-electron chi connectivity index (χ2n) is 5.90. The number of amides is 1. The van der Waals surface area contributed by atoms with Crippen LogP contribution in [0.4, 0.5) is 5.69 Å². The largest absolute Gasteiger partial charge is 0.378 e. The molecule has 0 aromatic heterocycles. The summed E-state index contributed by atoms with van der Waals surface area (Å²) in [6.07, 6.45) is 3.83. The van der Waals surface area contributed by atoms with Crippen molar-refractivity contribution in [2.75, 3.05) is 11.5 Å². The lowest BCUT2D eigenvalue weighted by Crippen LogP contribution is -2.37. The van der Waals surface area contributed by atoms with Gasteiger partial charge in [0.2, 0.25) is 5.91 Å². The molecule has 0 radical (unpaired) electrons. The van der Waals surface area contributed by atoms with Gasteiger partial charge in [0.1, 0.15) is 0 Å². The maximum atomic E-state index is 12.5. The van der Waals surface area contributed by atoms with Crippen molar-refractivity contribution in [2.45, 2.75) is 58.2 Å². The van der Waals surface area contributed by atoms with Crippen molar-refractivity contribution in [2.24, 2.45) is 5.73 Å². The number of benzene rings is 1. The lowest BCUT2D eigenvalue weighted by molar-refractivity contribution is -0.119. The van der Waals surface area contributed by atoms with Gasteiger partial charge >= 0.3 is 0 Å². The zero-order chi connectivity index (χ0) is 15.2. The number of carbonyl (C=O) groups is 1. The summed E-state index contributed by atoms with van der Waals surface area (Å²) >= 11 is 0. The fourth-order valence-electron chi connectivity index (χ4n) is 2.80. The van der Waals surface area contributed by atoms with Crippen molar-refractivity contribution < 1.29 is 9.53 Å². The summed E-state index contributed by atoms with van der Waals surface area (Å²) in [4.78, 5) is 14.4. The molecule has 0 bridgehead atoms. The molecule has 0 saturated carbocycles. The average molecular weight is 290 g/mol. The van der Waals surface area contributed by atoms with Crippen LogP contribution in [-0.4, -0.2) is 24.7 Å². The van der Waals surface area contributed by atoms with Gasteiger partial charge in [0, 0.05) is 31.3 Å². The molecule has 4 heteroatoms. The van der Waals surface area contributed by atoms with Crippen LogP contribution in [0, 0.1) is 0 Å². The lowest BCUT2D eigenvalue weighted by atomic mass is 10.1. The van der Waals surface area contributed by atoms with E-state index < -0.39 is 0 Å². The third kappa shape index (κ3) is 4.29. The first-order valence-corrected chi connectivity index (χ1v) is 7.84. The van der Waals surface area contributed by atoms with E-state index in [-0.39, 0.29) is 18.1 Å². The molecule has 0 aliphatic carbocycles. The Morgan fingerprint density at radius 1 is 1.38 bits per heavy atom. The van der Waals surface area contributed by atoms with Crippen LogP contribution in [-0.2, 0) is 16.1 Å². The highest BCUT2D eigenvalue weighted by Crippen LogP contribution is 2.22. The predicted octanol–water partition coefficient (Wildman–Crippen LogP) is 2.85. The molecule has 1 aromatic carbocycles. The van der Waals surface area contributed by atoms with Crippen molar-refractivity contribution in [3.05, 3.63) is 29.8 Å². The lowest BCUT2D eigenvalue weighted by Gasteiger charge is -2.27. The Morgan fingerprint density at radius 2 is 2.10 bits per heavy atom. The van der Waals surface area contributed by atoms with Crippen LogP contribution in [0.5, 0.6) is 0 Å². The molecule has 1 heterocycles. The Bertz CT molecular complexity index is 450. The van der Waals surface area contributed by atoms with Gasteiger partial charge in [-0.05, 0) is 50.8 Å². The third-order valence-electron chi connectivity index (χ3n) is 3.94. The van der Waals surface area contributed by atoms with Crippen LogP contribution in [0.2, 0.25) is 0 Å². The smallest absolute Gasteiger partial charge is 0.227 e. The van der Waals surface area contributed by atoms with Crippen molar-refractivity contribution in [3.63, 3.8) is 0 Å². The second kappa shape index (κ2) is 7.57. The van der Waals surface area contributed by atoms with E-state index in [4.69, 9.17) is 10.5 Å². The topological polar surface area (TPSA) is 55.6 Å². The van der Waals surface area contributed by atoms with Gasteiger partial charge in [-0.1, -0.05) is 12.1 Å². The fourth-order valence-corrected chi connectivity index (χ4v) is 2.80. The summed E-state index contributed by atoms with van der Waals surface area (Å²) in [5.41, 5.74) is 7.64. The van der Waals surface area contributed by atoms with E-state index in [0.717, 1.165) is 37.1 Å². The minimum absolute atomic E-state index is 0.144. The number of nitrogens with two attached hydrogens (primary N) is 1. The van der Waals surface area contributed by atoms with Gasteiger partial charge in [-0.25, -0.2) is 0 Å². The van der Waals surface area contributed by atoms with Gasteiger partial charge in [-0.3, -0.25) is 4.79 Å². The SMILES string of the molecule is CC(C)N(C(=O)CCC1CCCO1)c1ccc(CN)cc1. The molecule has 4 nitrogen and oxygen atoms in total. The van der Waals surface area contributed by atoms with Crippen LogP contribution in [0.3, 0.4) is 0 Å². The van der Waals surface area contributed by atoms with Crippen molar-refractivity contribution in [1.29, 1.82) is 0 Å². The van der Waals surface area contributed by atoms with Crippen molar-refractivity contribution >= 4 is 11.6 Å². The molecule has 0 spiro atoms. The third-order valence-corrected chi connectivity index (χ3v) is 3.94. The van der Waals surface area contributed by atoms with E-state index in [1.807, 2.05) is 43.0 Å². The molecule has 21 heavy (non-hydrogen) atoms. The van der Waals surface area contributed by atoms with Gasteiger partial charge in [0.25, 0.3) is 0 Å². The zero-order valence-corrected chi connectivity index (χ0v) is 13.0. The molecule has 1 amide bonds. The summed E-state index contributed by atoms with van der Waals surface area (Å²) in [5.74, 6) is 0.168. The van der Waals surface area contributed by atoms with Gasteiger partial charge in [-0.15, -0.1) is 0 Å². The molecule has 2 rings (SSSR count). The summed E-state index contributed by atoms with van der Waals surface area (Å²) in [6.45, 7) is 5.45.